The molecule has 29 heavy (non-hydrogen) atoms. The summed E-state index contributed by atoms with van der Waals surface area (Å²) in [4.78, 5) is 32.0. The Balaban J connectivity index is 1.89. The molecule has 0 bridgehead atoms. The van der Waals surface area contributed by atoms with Crippen LogP contribution in [0.15, 0.2) is 36.9 Å². The van der Waals surface area contributed by atoms with Crippen molar-refractivity contribution < 1.29 is 9.59 Å². The summed E-state index contributed by atoms with van der Waals surface area (Å²) in [6.45, 7) is 8.13. The van der Waals surface area contributed by atoms with E-state index < -0.39 is 5.91 Å². The number of carbonyl (C=O) groups excluding carboxylic acids is 2. The fourth-order valence-corrected chi connectivity index (χ4v) is 3.60. The summed E-state index contributed by atoms with van der Waals surface area (Å²) in [6, 6.07) is 7.62. The van der Waals surface area contributed by atoms with Crippen molar-refractivity contribution in [2.45, 2.75) is 32.4 Å². The van der Waals surface area contributed by atoms with Gasteiger partial charge in [-0.25, -0.2) is 0 Å². The Morgan fingerprint density at radius 3 is 2.79 bits per heavy atom. The Hall–Kier alpha value is -3.49. The van der Waals surface area contributed by atoms with Crippen LogP contribution < -0.4 is 16.0 Å². The van der Waals surface area contributed by atoms with Crippen LogP contribution in [0.1, 0.15) is 29.4 Å². The quantitative estimate of drug-likeness (QED) is 0.714. The molecule has 1 aliphatic heterocycles. The van der Waals surface area contributed by atoms with Crippen LogP contribution in [-0.4, -0.2) is 57.6 Å². The number of nitrogens with zero attached hydrogens (tertiary/aromatic N) is 5. The fraction of sp³-hybridized carbons (Fsp3) is 0.350. The van der Waals surface area contributed by atoms with Gasteiger partial charge in [-0.3, -0.25) is 9.59 Å². The van der Waals surface area contributed by atoms with Gasteiger partial charge in [0.25, 0.3) is 5.91 Å². The zero-order chi connectivity index (χ0) is 21.1. The Morgan fingerprint density at radius 2 is 2.14 bits per heavy atom. The highest BCUT2D eigenvalue weighted by Crippen LogP contribution is 2.26. The Morgan fingerprint density at radius 1 is 1.38 bits per heavy atom. The number of rotatable bonds is 6. The van der Waals surface area contributed by atoms with E-state index in [1.54, 1.807) is 4.90 Å². The van der Waals surface area contributed by atoms with E-state index in [1.807, 2.05) is 50.1 Å². The lowest BCUT2D eigenvalue weighted by Crippen LogP contribution is -2.44. The minimum atomic E-state index is -0.716. The number of amides is 2. The first-order valence-electron chi connectivity index (χ1n) is 9.36. The van der Waals surface area contributed by atoms with E-state index in [-0.39, 0.29) is 29.5 Å². The molecule has 0 aliphatic carbocycles. The predicted molar refractivity (Wildman–Crippen MR) is 111 cm³/mol. The summed E-state index contributed by atoms with van der Waals surface area (Å²) in [7, 11) is 1.85. The van der Waals surface area contributed by atoms with Crippen LogP contribution in [0.5, 0.6) is 0 Å². The number of likely N-dealkylation sites (tertiary alicyclic amines) is 1. The molecule has 2 atom stereocenters. The largest absolute Gasteiger partial charge is 0.364 e. The number of primary amides is 1. The van der Waals surface area contributed by atoms with Crippen LogP contribution in [-0.2, 0) is 4.79 Å². The molecule has 1 fully saturated rings. The highest BCUT2D eigenvalue weighted by atomic mass is 16.2. The first-order valence-corrected chi connectivity index (χ1v) is 9.36. The van der Waals surface area contributed by atoms with Crippen molar-refractivity contribution in [3.8, 4) is 0 Å². The normalized spacial score (nSPS) is 18.4. The molecule has 1 aliphatic rings. The van der Waals surface area contributed by atoms with Crippen LogP contribution in [0.2, 0.25) is 0 Å². The summed E-state index contributed by atoms with van der Waals surface area (Å²) >= 11 is 0. The van der Waals surface area contributed by atoms with E-state index in [2.05, 4.69) is 27.1 Å². The van der Waals surface area contributed by atoms with Gasteiger partial charge in [0, 0.05) is 25.3 Å². The van der Waals surface area contributed by atoms with Gasteiger partial charge in [-0.05, 0) is 44.0 Å². The van der Waals surface area contributed by atoms with Gasteiger partial charge in [0.05, 0.1) is 6.04 Å². The zero-order valence-corrected chi connectivity index (χ0v) is 16.8. The van der Waals surface area contributed by atoms with Gasteiger partial charge in [0.15, 0.2) is 11.5 Å². The van der Waals surface area contributed by atoms with Gasteiger partial charge < -0.3 is 20.9 Å². The zero-order valence-electron chi connectivity index (χ0n) is 16.8. The van der Waals surface area contributed by atoms with Crippen molar-refractivity contribution in [2.24, 2.45) is 5.73 Å². The van der Waals surface area contributed by atoms with Crippen molar-refractivity contribution in [2.75, 3.05) is 23.8 Å². The number of aromatic nitrogens is 3. The van der Waals surface area contributed by atoms with E-state index in [1.165, 1.54) is 6.08 Å². The number of hydrogen-bond donors (Lipinski definition) is 2. The Kier molecular flexibility index (Phi) is 5.76. The van der Waals surface area contributed by atoms with Crippen LogP contribution >= 0.6 is 0 Å². The molecule has 2 amide bonds. The molecule has 3 N–H and O–H groups in total. The summed E-state index contributed by atoms with van der Waals surface area (Å²) in [5, 5.41) is 11.2. The van der Waals surface area contributed by atoms with Gasteiger partial charge >= 0.3 is 0 Å². The van der Waals surface area contributed by atoms with Crippen molar-refractivity contribution in [1.82, 2.24) is 20.1 Å². The van der Waals surface area contributed by atoms with Crippen LogP contribution in [0.3, 0.4) is 0 Å². The maximum Gasteiger partial charge on any atom is 0.273 e. The highest BCUT2D eigenvalue weighted by molar-refractivity contribution is 5.96. The second-order valence-corrected chi connectivity index (χ2v) is 7.11. The van der Waals surface area contributed by atoms with Crippen molar-refractivity contribution in [3.05, 3.63) is 48.2 Å². The van der Waals surface area contributed by atoms with Gasteiger partial charge in [-0.15, -0.1) is 10.2 Å². The third-order valence-corrected chi connectivity index (χ3v) is 5.17. The van der Waals surface area contributed by atoms with Gasteiger partial charge in [-0.2, -0.15) is 4.98 Å². The van der Waals surface area contributed by atoms with E-state index >= 15 is 0 Å². The SMILES string of the molecule is C=CC(=O)N1CC[C@@H](N(C)c2nnc(C(N)=O)c(Nc3cccc(C)c3)n2)[C@H]1C. The molecule has 2 heterocycles. The molecular formula is C20H25N7O2. The van der Waals surface area contributed by atoms with Crippen molar-refractivity contribution in [3.63, 3.8) is 0 Å². The van der Waals surface area contributed by atoms with E-state index in [9.17, 15) is 9.59 Å². The van der Waals surface area contributed by atoms with Crippen molar-refractivity contribution >= 4 is 29.3 Å². The summed E-state index contributed by atoms with van der Waals surface area (Å²) in [5.74, 6) is -0.232. The fourth-order valence-electron chi connectivity index (χ4n) is 3.60. The molecule has 1 aromatic carbocycles. The second kappa shape index (κ2) is 8.26. The molecule has 9 nitrogen and oxygen atoms in total. The molecule has 9 heteroatoms. The minimum Gasteiger partial charge on any atom is -0.364 e. The molecule has 0 saturated carbocycles. The number of nitrogens with one attached hydrogen (secondary N) is 1. The summed E-state index contributed by atoms with van der Waals surface area (Å²) in [5.41, 5.74) is 7.23. The number of benzene rings is 1. The number of carbonyl (C=O) groups is 2. The van der Waals surface area contributed by atoms with Crippen LogP contribution in [0.25, 0.3) is 0 Å². The van der Waals surface area contributed by atoms with Crippen molar-refractivity contribution in [1.29, 1.82) is 0 Å². The smallest absolute Gasteiger partial charge is 0.273 e. The lowest BCUT2D eigenvalue weighted by atomic mass is 10.1. The molecular weight excluding hydrogens is 370 g/mol. The lowest BCUT2D eigenvalue weighted by Gasteiger charge is -2.30. The molecule has 1 aromatic heterocycles. The maximum atomic E-state index is 12.0. The topological polar surface area (TPSA) is 117 Å². The third-order valence-electron chi connectivity index (χ3n) is 5.17. The maximum absolute atomic E-state index is 12.0. The second-order valence-electron chi connectivity index (χ2n) is 7.11. The number of hydrogen-bond acceptors (Lipinski definition) is 7. The number of likely N-dealkylation sites (N-methyl/N-ethyl adjacent to an activating group) is 1. The molecule has 0 radical (unpaired) electrons. The first kappa shape index (κ1) is 20.2. The summed E-state index contributed by atoms with van der Waals surface area (Å²) < 4.78 is 0. The van der Waals surface area contributed by atoms with Gasteiger partial charge in [0.1, 0.15) is 0 Å². The standard InChI is InChI=1S/C20H25N7O2/c1-5-16(28)27-10-9-15(13(27)3)26(4)20-23-19(17(18(21)29)24-25-20)22-14-8-6-7-12(2)11-14/h5-8,11,13,15H,1,9-10H2,2-4H3,(H2,21,29)(H,22,23,25)/t13-,15-/m1/s1. The summed E-state index contributed by atoms with van der Waals surface area (Å²) in [6.07, 6.45) is 2.08. The van der Waals surface area contributed by atoms with E-state index in [4.69, 9.17) is 5.73 Å². The number of anilines is 3. The van der Waals surface area contributed by atoms with Crippen LogP contribution in [0, 0.1) is 6.92 Å². The Labute approximate surface area is 169 Å². The van der Waals surface area contributed by atoms with Crippen LogP contribution in [0.4, 0.5) is 17.5 Å². The molecule has 3 rings (SSSR count). The monoisotopic (exact) mass is 395 g/mol. The van der Waals surface area contributed by atoms with E-state index in [0.717, 1.165) is 17.7 Å². The molecule has 2 aromatic rings. The average molecular weight is 395 g/mol. The van der Waals surface area contributed by atoms with Gasteiger partial charge in [0.2, 0.25) is 11.9 Å². The third kappa shape index (κ3) is 4.18. The predicted octanol–water partition coefficient (Wildman–Crippen LogP) is 1.63. The number of aryl methyl sites for hydroxylation is 1. The lowest BCUT2D eigenvalue weighted by molar-refractivity contribution is -0.126. The Bertz CT molecular complexity index is 946. The average Bonchev–Trinajstić information content (AvgIpc) is 3.08. The number of nitrogens with two attached hydrogens (primary N) is 1. The van der Waals surface area contributed by atoms with Gasteiger partial charge in [-0.1, -0.05) is 18.7 Å². The van der Waals surface area contributed by atoms with E-state index in [0.29, 0.717) is 12.5 Å². The molecule has 0 spiro atoms. The highest BCUT2D eigenvalue weighted by Gasteiger charge is 2.36. The molecule has 1 saturated heterocycles. The molecule has 0 unspecified atom stereocenters. The minimum absolute atomic E-state index is 0.00643. The first-order chi connectivity index (χ1) is 13.8. The molecule has 152 valence electrons.